The molecule has 0 aliphatic carbocycles. The van der Waals surface area contributed by atoms with Gasteiger partial charge < -0.3 is 14.8 Å². The van der Waals surface area contributed by atoms with Gasteiger partial charge in [-0.05, 0) is 49.6 Å². The molecule has 1 N–H and O–H groups in total. The first kappa shape index (κ1) is 17.5. The molecule has 0 aliphatic rings. The number of carbonyl (C=O) groups excluding carboxylic acids is 2. The molecule has 2 rings (SSSR count). The molecule has 0 aliphatic heterocycles. The van der Waals surface area contributed by atoms with E-state index in [1.54, 1.807) is 24.3 Å². The Morgan fingerprint density at radius 3 is 2.38 bits per heavy atom. The van der Waals surface area contributed by atoms with E-state index in [2.05, 4.69) is 5.32 Å². The highest BCUT2D eigenvalue weighted by Crippen LogP contribution is 2.25. The molecular formula is C19H21NO4. The fourth-order valence-corrected chi connectivity index (χ4v) is 2.35. The minimum atomic E-state index is -0.503. The topological polar surface area (TPSA) is 64.6 Å². The second-order valence-corrected chi connectivity index (χ2v) is 5.53. The van der Waals surface area contributed by atoms with Crippen LogP contribution in [0.4, 0.5) is 5.69 Å². The van der Waals surface area contributed by atoms with Crippen molar-refractivity contribution < 1.29 is 19.1 Å². The molecule has 0 radical (unpaired) electrons. The Morgan fingerprint density at radius 2 is 1.67 bits per heavy atom. The van der Waals surface area contributed by atoms with Gasteiger partial charge in [0.1, 0.15) is 5.75 Å². The third kappa shape index (κ3) is 3.93. The molecule has 0 spiro atoms. The molecule has 24 heavy (non-hydrogen) atoms. The summed E-state index contributed by atoms with van der Waals surface area (Å²) in [6, 6.07) is 10.7. The van der Waals surface area contributed by atoms with Crippen LogP contribution in [-0.4, -0.2) is 25.6 Å². The molecule has 0 aromatic heterocycles. The van der Waals surface area contributed by atoms with Gasteiger partial charge in [-0.1, -0.05) is 24.3 Å². The van der Waals surface area contributed by atoms with Gasteiger partial charge in [-0.25, -0.2) is 4.79 Å². The largest absolute Gasteiger partial charge is 0.483 e. The molecule has 0 bridgehead atoms. The first-order valence-electron chi connectivity index (χ1n) is 7.61. The minimum absolute atomic E-state index is 0.138. The predicted molar refractivity (Wildman–Crippen MR) is 92.6 cm³/mol. The molecule has 0 heterocycles. The Labute approximate surface area is 141 Å². The van der Waals surface area contributed by atoms with Crippen molar-refractivity contribution in [2.45, 2.75) is 20.8 Å². The summed E-state index contributed by atoms with van der Waals surface area (Å²) in [6.07, 6.45) is 0. The van der Waals surface area contributed by atoms with Crippen molar-refractivity contribution in [2.75, 3.05) is 19.0 Å². The fourth-order valence-electron chi connectivity index (χ4n) is 2.35. The predicted octanol–water partition coefficient (Wildman–Crippen LogP) is 3.42. The number of para-hydroxylation sites is 1. The summed E-state index contributed by atoms with van der Waals surface area (Å²) in [7, 11) is 1.30. The third-order valence-electron chi connectivity index (χ3n) is 3.83. The Morgan fingerprint density at radius 1 is 1.00 bits per heavy atom. The normalized spacial score (nSPS) is 10.2. The third-order valence-corrected chi connectivity index (χ3v) is 3.83. The second-order valence-electron chi connectivity index (χ2n) is 5.53. The maximum atomic E-state index is 12.2. The summed E-state index contributed by atoms with van der Waals surface area (Å²) in [5.74, 6) is -0.129. The molecule has 5 heteroatoms. The quantitative estimate of drug-likeness (QED) is 0.855. The summed E-state index contributed by atoms with van der Waals surface area (Å²) in [5.41, 5.74) is 3.79. The fraction of sp³-hybridized carbons (Fsp3) is 0.263. The maximum absolute atomic E-state index is 12.2. The lowest BCUT2D eigenvalue weighted by atomic mass is 10.1. The van der Waals surface area contributed by atoms with Crippen LogP contribution in [0.1, 0.15) is 27.0 Å². The molecule has 126 valence electrons. The number of hydrogen-bond acceptors (Lipinski definition) is 4. The second kappa shape index (κ2) is 7.64. The molecule has 5 nitrogen and oxygen atoms in total. The van der Waals surface area contributed by atoms with Crippen LogP contribution < -0.4 is 10.1 Å². The van der Waals surface area contributed by atoms with Crippen molar-refractivity contribution in [2.24, 2.45) is 0 Å². The zero-order chi connectivity index (χ0) is 17.7. The zero-order valence-electron chi connectivity index (χ0n) is 14.3. The van der Waals surface area contributed by atoms with Gasteiger partial charge in [0.15, 0.2) is 6.61 Å². The molecule has 0 saturated carbocycles. The number of nitrogens with one attached hydrogen (secondary N) is 1. The highest BCUT2D eigenvalue weighted by Gasteiger charge is 2.14. The molecule has 2 aromatic rings. The van der Waals surface area contributed by atoms with Crippen molar-refractivity contribution in [3.05, 3.63) is 58.7 Å². The number of aryl methyl sites for hydroxylation is 2. The van der Waals surface area contributed by atoms with Crippen LogP contribution in [0.3, 0.4) is 0 Å². The van der Waals surface area contributed by atoms with Crippen LogP contribution in [0.15, 0.2) is 36.4 Å². The molecule has 0 atom stereocenters. The van der Waals surface area contributed by atoms with Crippen LogP contribution in [0, 0.1) is 20.8 Å². The lowest BCUT2D eigenvalue weighted by Crippen LogP contribution is -2.22. The summed E-state index contributed by atoms with van der Waals surface area (Å²) < 4.78 is 10.4. The van der Waals surface area contributed by atoms with E-state index < -0.39 is 5.97 Å². The molecule has 0 unspecified atom stereocenters. The first-order chi connectivity index (χ1) is 11.4. The Bertz CT molecular complexity index is 768. The van der Waals surface area contributed by atoms with E-state index in [0.29, 0.717) is 17.0 Å². The molecular weight excluding hydrogens is 306 g/mol. The van der Waals surface area contributed by atoms with E-state index in [1.165, 1.54) is 7.11 Å². The average molecular weight is 327 g/mol. The van der Waals surface area contributed by atoms with Crippen molar-refractivity contribution in [1.82, 2.24) is 0 Å². The molecule has 2 aromatic carbocycles. The smallest absolute Gasteiger partial charge is 0.339 e. The number of benzene rings is 2. The number of hydrogen-bond donors (Lipinski definition) is 1. The summed E-state index contributed by atoms with van der Waals surface area (Å²) in [6.45, 7) is 5.75. The highest BCUT2D eigenvalue weighted by atomic mass is 16.5. The Kier molecular flexibility index (Phi) is 5.58. The first-order valence-corrected chi connectivity index (χ1v) is 7.61. The van der Waals surface area contributed by atoms with Gasteiger partial charge in [0.05, 0.1) is 18.4 Å². The van der Waals surface area contributed by atoms with E-state index >= 15 is 0 Å². The lowest BCUT2D eigenvalue weighted by Gasteiger charge is -2.14. The zero-order valence-corrected chi connectivity index (χ0v) is 14.3. The monoisotopic (exact) mass is 327 g/mol. The SMILES string of the molecule is COC(=O)c1ccccc1NC(=O)COc1c(C)ccc(C)c1C. The Hall–Kier alpha value is -2.82. The van der Waals surface area contributed by atoms with Gasteiger partial charge >= 0.3 is 5.97 Å². The number of esters is 1. The maximum Gasteiger partial charge on any atom is 0.339 e. The number of anilines is 1. The van der Waals surface area contributed by atoms with Crippen molar-refractivity contribution >= 4 is 17.6 Å². The summed E-state index contributed by atoms with van der Waals surface area (Å²) in [4.78, 5) is 23.9. The van der Waals surface area contributed by atoms with Crippen molar-refractivity contribution in [1.29, 1.82) is 0 Å². The Balaban J connectivity index is 2.08. The van der Waals surface area contributed by atoms with E-state index in [-0.39, 0.29) is 12.5 Å². The van der Waals surface area contributed by atoms with E-state index in [4.69, 9.17) is 9.47 Å². The van der Waals surface area contributed by atoms with Crippen molar-refractivity contribution in [3.63, 3.8) is 0 Å². The number of rotatable bonds is 5. The number of amides is 1. The highest BCUT2D eigenvalue weighted by molar-refractivity contribution is 6.01. The minimum Gasteiger partial charge on any atom is -0.483 e. The average Bonchev–Trinajstić information content (AvgIpc) is 2.58. The van der Waals surface area contributed by atoms with E-state index in [1.807, 2.05) is 32.9 Å². The van der Waals surface area contributed by atoms with Crippen LogP contribution in [-0.2, 0) is 9.53 Å². The lowest BCUT2D eigenvalue weighted by molar-refractivity contribution is -0.118. The van der Waals surface area contributed by atoms with Gasteiger partial charge in [-0.3, -0.25) is 4.79 Å². The van der Waals surface area contributed by atoms with E-state index in [0.717, 1.165) is 16.7 Å². The molecule has 0 saturated heterocycles. The van der Waals surface area contributed by atoms with Gasteiger partial charge in [-0.2, -0.15) is 0 Å². The van der Waals surface area contributed by atoms with Gasteiger partial charge in [0.2, 0.25) is 0 Å². The van der Waals surface area contributed by atoms with Gasteiger partial charge in [0, 0.05) is 0 Å². The molecule has 1 amide bonds. The number of methoxy groups -OCH3 is 1. The number of ether oxygens (including phenoxy) is 2. The van der Waals surface area contributed by atoms with Crippen LogP contribution in [0.5, 0.6) is 5.75 Å². The van der Waals surface area contributed by atoms with Crippen LogP contribution in [0.2, 0.25) is 0 Å². The standard InChI is InChI=1S/C19H21NO4/c1-12-9-10-13(2)18(14(12)3)24-11-17(21)20-16-8-6-5-7-15(16)19(22)23-4/h5-10H,11H2,1-4H3,(H,20,21). The van der Waals surface area contributed by atoms with Crippen molar-refractivity contribution in [3.8, 4) is 5.75 Å². The van der Waals surface area contributed by atoms with Crippen LogP contribution in [0.25, 0.3) is 0 Å². The van der Waals surface area contributed by atoms with Crippen LogP contribution >= 0.6 is 0 Å². The van der Waals surface area contributed by atoms with E-state index in [9.17, 15) is 9.59 Å². The summed E-state index contributed by atoms with van der Waals surface area (Å²) in [5, 5.41) is 2.68. The van der Waals surface area contributed by atoms with Gasteiger partial charge in [-0.15, -0.1) is 0 Å². The summed E-state index contributed by atoms with van der Waals surface area (Å²) >= 11 is 0. The van der Waals surface area contributed by atoms with Gasteiger partial charge in [0.25, 0.3) is 5.91 Å². The molecule has 0 fully saturated rings. The number of carbonyl (C=O) groups is 2.